The van der Waals surface area contributed by atoms with E-state index in [-0.39, 0.29) is 0 Å². The molecule has 0 saturated heterocycles. The fraction of sp³-hybridized carbons (Fsp3) is 0.167. The molecule has 0 aliphatic rings. The molecule has 0 spiro atoms. The molecule has 10 heavy (non-hydrogen) atoms. The second-order valence-electron chi connectivity index (χ2n) is 1.87. The first-order valence-electron chi connectivity index (χ1n) is 2.69. The van der Waals surface area contributed by atoms with E-state index >= 15 is 0 Å². The van der Waals surface area contributed by atoms with Gasteiger partial charge in [0.1, 0.15) is 12.0 Å². The summed E-state index contributed by atoms with van der Waals surface area (Å²) < 4.78 is 5.98. The van der Waals surface area contributed by atoms with Crippen molar-refractivity contribution in [2.24, 2.45) is 5.73 Å². The Morgan fingerprint density at radius 2 is 2.50 bits per heavy atom. The zero-order valence-electron chi connectivity index (χ0n) is 5.13. The van der Waals surface area contributed by atoms with Gasteiger partial charge in [-0.1, -0.05) is 12.2 Å². The maximum absolute atomic E-state index is 5.29. The van der Waals surface area contributed by atoms with Gasteiger partial charge in [0.05, 0.1) is 15.9 Å². The minimum Gasteiger partial charge on any atom is -0.468 e. The summed E-state index contributed by atoms with van der Waals surface area (Å²) in [5, 5.41) is 0. The van der Waals surface area contributed by atoms with E-state index in [2.05, 4.69) is 28.1 Å². The molecular formula is C6H6BrNOS. The van der Waals surface area contributed by atoms with Crippen molar-refractivity contribution < 1.29 is 4.42 Å². The van der Waals surface area contributed by atoms with Gasteiger partial charge in [0.2, 0.25) is 0 Å². The molecule has 0 fully saturated rings. The van der Waals surface area contributed by atoms with Gasteiger partial charge >= 0.3 is 0 Å². The van der Waals surface area contributed by atoms with Crippen molar-refractivity contribution in [3.63, 3.8) is 0 Å². The third-order valence-corrected chi connectivity index (χ3v) is 1.53. The Morgan fingerprint density at radius 3 is 2.90 bits per heavy atom. The van der Waals surface area contributed by atoms with Crippen LogP contribution in [0.3, 0.4) is 0 Å². The molecule has 1 heterocycles. The molecule has 0 amide bonds. The summed E-state index contributed by atoms with van der Waals surface area (Å²) in [4.78, 5) is 0.446. The van der Waals surface area contributed by atoms with Gasteiger partial charge in [-0.2, -0.15) is 0 Å². The second kappa shape index (κ2) is 3.16. The van der Waals surface area contributed by atoms with Gasteiger partial charge in [-0.15, -0.1) is 0 Å². The predicted octanol–water partition coefficient (Wildman–Crippen LogP) is 1.87. The van der Waals surface area contributed by atoms with Gasteiger partial charge < -0.3 is 10.2 Å². The number of thiocarbonyl (C=S) groups is 1. The van der Waals surface area contributed by atoms with Crippen molar-refractivity contribution in [2.45, 2.75) is 6.42 Å². The number of halogens is 1. The highest BCUT2D eigenvalue weighted by molar-refractivity contribution is 9.10. The first-order chi connectivity index (χ1) is 4.68. The molecule has 1 rings (SSSR count). The average Bonchev–Trinajstić information content (AvgIpc) is 2.13. The van der Waals surface area contributed by atoms with Crippen LogP contribution in [-0.2, 0) is 6.42 Å². The average molecular weight is 220 g/mol. The standard InChI is InChI=1S/C6H6BrNOS/c7-4-1-5(9-3-4)2-6(8)10/h1,3H,2H2,(H2,8,10). The Hall–Kier alpha value is -0.350. The Morgan fingerprint density at radius 1 is 1.80 bits per heavy atom. The molecule has 0 bridgehead atoms. The Labute approximate surface area is 72.5 Å². The van der Waals surface area contributed by atoms with E-state index < -0.39 is 0 Å². The zero-order chi connectivity index (χ0) is 7.56. The van der Waals surface area contributed by atoms with Gasteiger partial charge in [0, 0.05) is 0 Å². The van der Waals surface area contributed by atoms with Crippen LogP contribution in [-0.4, -0.2) is 4.99 Å². The normalized spacial score (nSPS) is 9.70. The predicted molar refractivity (Wildman–Crippen MR) is 46.9 cm³/mol. The minimum atomic E-state index is 0.446. The van der Waals surface area contributed by atoms with Gasteiger partial charge in [0.25, 0.3) is 0 Å². The Kier molecular flexibility index (Phi) is 2.45. The van der Waals surface area contributed by atoms with Gasteiger partial charge in [0.15, 0.2) is 0 Å². The molecule has 2 nitrogen and oxygen atoms in total. The van der Waals surface area contributed by atoms with Crippen molar-refractivity contribution in [2.75, 3.05) is 0 Å². The third-order valence-electron chi connectivity index (χ3n) is 0.970. The molecule has 0 aliphatic carbocycles. The lowest BCUT2D eigenvalue weighted by Crippen LogP contribution is -2.10. The van der Waals surface area contributed by atoms with Crippen LogP contribution in [0.4, 0.5) is 0 Å². The van der Waals surface area contributed by atoms with Crippen molar-refractivity contribution >= 4 is 33.1 Å². The lowest BCUT2D eigenvalue weighted by Gasteiger charge is -1.89. The van der Waals surface area contributed by atoms with Gasteiger partial charge in [-0.25, -0.2) is 0 Å². The summed E-state index contributed by atoms with van der Waals surface area (Å²) in [5.41, 5.74) is 5.29. The maximum atomic E-state index is 5.29. The van der Waals surface area contributed by atoms with Gasteiger partial charge in [-0.05, 0) is 22.0 Å². The maximum Gasteiger partial charge on any atom is 0.111 e. The molecule has 0 aliphatic heterocycles. The first kappa shape index (κ1) is 7.75. The van der Waals surface area contributed by atoms with E-state index in [0.717, 1.165) is 10.2 Å². The Bertz CT molecular complexity index is 246. The lowest BCUT2D eigenvalue weighted by atomic mass is 10.3. The summed E-state index contributed by atoms with van der Waals surface area (Å²) in [6, 6.07) is 1.85. The van der Waals surface area contributed by atoms with Crippen LogP contribution in [0.15, 0.2) is 21.2 Å². The quantitative estimate of drug-likeness (QED) is 0.773. The van der Waals surface area contributed by atoms with E-state index in [1.807, 2.05) is 6.07 Å². The van der Waals surface area contributed by atoms with Crippen molar-refractivity contribution in [3.05, 3.63) is 22.6 Å². The van der Waals surface area contributed by atoms with Crippen LogP contribution in [0.5, 0.6) is 0 Å². The van der Waals surface area contributed by atoms with Crippen molar-refractivity contribution in [1.29, 1.82) is 0 Å². The monoisotopic (exact) mass is 219 g/mol. The van der Waals surface area contributed by atoms with E-state index in [1.54, 1.807) is 6.26 Å². The summed E-state index contributed by atoms with van der Waals surface area (Å²) in [6.45, 7) is 0. The summed E-state index contributed by atoms with van der Waals surface area (Å²) in [6.07, 6.45) is 2.13. The van der Waals surface area contributed by atoms with Gasteiger partial charge in [-0.3, -0.25) is 0 Å². The molecule has 1 aromatic rings. The molecule has 2 N–H and O–H groups in total. The van der Waals surface area contributed by atoms with Crippen LogP contribution in [0.25, 0.3) is 0 Å². The molecular weight excluding hydrogens is 214 g/mol. The van der Waals surface area contributed by atoms with E-state index in [4.69, 9.17) is 10.2 Å². The SMILES string of the molecule is NC(=S)Cc1cc(Br)co1. The fourth-order valence-corrected chi connectivity index (χ4v) is 1.11. The first-order valence-corrected chi connectivity index (χ1v) is 3.90. The molecule has 0 atom stereocenters. The van der Waals surface area contributed by atoms with Crippen molar-refractivity contribution in [3.8, 4) is 0 Å². The molecule has 1 aromatic heterocycles. The summed E-state index contributed by atoms with van der Waals surface area (Å²) in [5.74, 6) is 0.791. The zero-order valence-corrected chi connectivity index (χ0v) is 7.54. The smallest absolute Gasteiger partial charge is 0.111 e. The highest BCUT2D eigenvalue weighted by atomic mass is 79.9. The van der Waals surface area contributed by atoms with E-state index in [0.29, 0.717) is 11.4 Å². The number of furan rings is 1. The molecule has 54 valence electrons. The largest absolute Gasteiger partial charge is 0.468 e. The molecule has 0 aromatic carbocycles. The lowest BCUT2D eigenvalue weighted by molar-refractivity contribution is 0.526. The Balaban J connectivity index is 2.67. The number of nitrogens with two attached hydrogens (primary N) is 1. The number of rotatable bonds is 2. The second-order valence-corrected chi connectivity index (χ2v) is 3.31. The number of hydrogen-bond donors (Lipinski definition) is 1. The fourth-order valence-electron chi connectivity index (χ4n) is 0.618. The number of hydrogen-bond acceptors (Lipinski definition) is 2. The van der Waals surface area contributed by atoms with Crippen LogP contribution >= 0.6 is 28.1 Å². The molecule has 0 unspecified atom stereocenters. The molecule has 0 saturated carbocycles. The van der Waals surface area contributed by atoms with Crippen LogP contribution < -0.4 is 5.73 Å². The minimum absolute atomic E-state index is 0.446. The van der Waals surface area contributed by atoms with E-state index in [9.17, 15) is 0 Å². The summed E-state index contributed by atoms with van der Waals surface area (Å²) >= 11 is 7.93. The topological polar surface area (TPSA) is 39.2 Å². The van der Waals surface area contributed by atoms with Crippen LogP contribution in [0, 0.1) is 0 Å². The van der Waals surface area contributed by atoms with Crippen LogP contribution in [0.1, 0.15) is 5.76 Å². The third kappa shape index (κ3) is 2.11. The van der Waals surface area contributed by atoms with Crippen LogP contribution in [0.2, 0.25) is 0 Å². The van der Waals surface area contributed by atoms with E-state index in [1.165, 1.54) is 0 Å². The highest BCUT2D eigenvalue weighted by Crippen LogP contribution is 2.14. The molecule has 0 radical (unpaired) electrons. The molecule has 4 heteroatoms. The highest BCUT2D eigenvalue weighted by Gasteiger charge is 1.99. The summed E-state index contributed by atoms with van der Waals surface area (Å²) in [7, 11) is 0. The van der Waals surface area contributed by atoms with Crippen molar-refractivity contribution in [1.82, 2.24) is 0 Å².